The number of allylic oxidation sites excluding steroid dienone is 13. The lowest BCUT2D eigenvalue weighted by Crippen LogP contribution is -2.46. The van der Waals surface area contributed by atoms with Gasteiger partial charge in [0.25, 0.3) is 0 Å². The molecule has 5 aromatic carbocycles. The largest absolute Gasteiger partial charge is 0.336 e. The van der Waals surface area contributed by atoms with Gasteiger partial charge in [0.2, 0.25) is 0 Å². The van der Waals surface area contributed by atoms with E-state index in [1.807, 2.05) is 0 Å². The highest BCUT2D eigenvalue weighted by Crippen LogP contribution is 2.62. The van der Waals surface area contributed by atoms with Crippen molar-refractivity contribution in [2.45, 2.75) is 138 Å². The molecule has 0 radical (unpaired) electrons. The third-order valence-corrected chi connectivity index (χ3v) is 18.3. The molecule has 7 atom stereocenters. The van der Waals surface area contributed by atoms with Gasteiger partial charge in [-0.1, -0.05) is 169 Å². The van der Waals surface area contributed by atoms with Gasteiger partial charge >= 0.3 is 0 Å². The summed E-state index contributed by atoms with van der Waals surface area (Å²) >= 11 is 0. The first-order valence-electron chi connectivity index (χ1n) is 27.1. The molecule has 0 saturated heterocycles. The zero-order valence-electron chi connectivity index (χ0n) is 44.0. The molecule has 1 nitrogen and oxygen atoms in total. The van der Waals surface area contributed by atoms with E-state index in [1.165, 1.54) is 102 Å². The molecule has 0 amide bonds. The maximum Gasteiger partial charge on any atom is 0.0629 e. The smallest absolute Gasteiger partial charge is 0.0629 e. The van der Waals surface area contributed by atoms with Crippen LogP contribution in [-0.2, 0) is 6.42 Å². The van der Waals surface area contributed by atoms with E-state index in [1.54, 1.807) is 44.7 Å². The average Bonchev–Trinajstić information content (AvgIpc) is 3.88. The molecule has 1 heteroatoms. The van der Waals surface area contributed by atoms with Crippen molar-refractivity contribution in [3.63, 3.8) is 0 Å². The molecule has 0 spiro atoms. The third-order valence-electron chi connectivity index (χ3n) is 18.3. The first-order chi connectivity index (χ1) is 33.8. The molecule has 70 heavy (non-hydrogen) atoms. The summed E-state index contributed by atoms with van der Waals surface area (Å²) in [7, 11) is 0. The molecule has 5 aromatic rings. The average molecular weight is 916 g/mol. The number of aryl methyl sites for hydroxylation is 3. The second kappa shape index (κ2) is 16.9. The maximum absolute atomic E-state index is 2.83. The van der Waals surface area contributed by atoms with Crippen LogP contribution < -0.4 is 4.90 Å². The summed E-state index contributed by atoms with van der Waals surface area (Å²) in [5, 5.41) is 2.93. The van der Waals surface area contributed by atoms with Gasteiger partial charge < -0.3 is 4.90 Å². The summed E-state index contributed by atoms with van der Waals surface area (Å²) in [6, 6.07) is 28.6. The Labute approximate surface area is 419 Å². The number of anilines is 1. The van der Waals surface area contributed by atoms with Crippen molar-refractivity contribution in [2.24, 2.45) is 23.7 Å². The second-order valence-electron chi connectivity index (χ2n) is 23.2. The Morgan fingerprint density at radius 2 is 1.43 bits per heavy atom. The van der Waals surface area contributed by atoms with Crippen LogP contribution in [0.25, 0.3) is 39.1 Å². The highest BCUT2D eigenvalue weighted by Gasteiger charge is 2.49. The van der Waals surface area contributed by atoms with Crippen LogP contribution in [0.15, 0.2) is 149 Å². The Morgan fingerprint density at radius 1 is 0.686 bits per heavy atom. The van der Waals surface area contributed by atoms with E-state index < -0.39 is 0 Å². The van der Waals surface area contributed by atoms with E-state index >= 15 is 0 Å². The first-order valence-corrected chi connectivity index (χ1v) is 27.1. The molecule has 0 saturated carbocycles. The summed E-state index contributed by atoms with van der Waals surface area (Å²) < 4.78 is 0. The molecular weight excluding hydrogens is 843 g/mol. The topological polar surface area (TPSA) is 3.24 Å². The van der Waals surface area contributed by atoms with Gasteiger partial charge in [-0.2, -0.15) is 0 Å². The van der Waals surface area contributed by atoms with E-state index in [0.717, 1.165) is 12.8 Å². The van der Waals surface area contributed by atoms with Gasteiger partial charge in [0.05, 0.1) is 6.04 Å². The molecular formula is C69H73N. The van der Waals surface area contributed by atoms with Crippen LogP contribution in [0.4, 0.5) is 5.69 Å². The minimum absolute atomic E-state index is 0.212. The molecule has 0 fully saturated rings. The fourth-order valence-electron chi connectivity index (χ4n) is 15.1. The minimum Gasteiger partial charge on any atom is -0.336 e. The van der Waals surface area contributed by atoms with Crippen LogP contribution in [0, 0.1) is 37.5 Å². The molecule has 354 valence electrons. The highest BCUT2D eigenvalue weighted by atomic mass is 15.2. The van der Waals surface area contributed by atoms with Gasteiger partial charge in [-0.25, -0.2) is 0 Å². The third kappa shape index (κ3) is 6.55. The second-order valence-corrected chi connectivity index (χ2v) is 23.2. The van der Waals surface area contributed by atoms with Crippen LogP contribution in [0.2, 0.25) is 0 Å². The number of rotatable bonds is 5. The summed E-state index contributed by atoms with van der Waals surface area (Å²) in [6.07, 6.45) is 24.4. The molecule has 8 aliphatic rings. The van der Waals surface area contributed by atoms with Crippen LogP contribution >= 0.6 is 0 Å². The molecule has 7 unspecified atom stereocenters. The van der Waals surface area contributed by atoms with E-state index in [2.05, 4.69) is 209 Å². The molecule has 0 aromatic heterocycles. The predicted molar refractivity (Wildman–Crippen MR) is 301 cm³/mol. The number of nitrogens with zero attached hydrogens (tertiary/aromatic N) is 1. The van der Waals surface area contributed by atoms with Crippen LogP contribution in [0.5, 0.6) is 0 Å². The Hall–Kier alpha value is -5.92. The summed E-state index contributed by atoms with van der Waals surface area (Å²) in [6.45, 7) is 28.2. The van der Waals surface area contributed by atoms with Gasteiger partial charge in [0.15, 0.2) is 0 Å². The number of benzene rings is 5. The van der Waals surface area contributed by atoms with E-state index in [-0.39, 0.29) is 12.0 Å². The Balaban J connectivity index is 0.000000177. The van der Waals surface area contributed by atoms with E-state index in [4.69, 9.17) is 0 Å². The van der Waals surface area contributed by atoms with Gasteiger partial charge in [0.1, 0.15) is 0 Å². The van der Waals surface area contributed by atoms with Crippen molar-refractivity contribution in [3.05, 3.63) is 210 Å². The molecule has 13 rings (SSSR count). The summed E-state index contributed by atoms with van der Waals surface area (Å²) in [4.78, 5) is 2.83. The summed E-state index contributed by atoms with van der Waals surface area (Å²) in [5.74, 6) is 3.81. The van der Waals surface area contributed by atoms with Crippen molar-refractivity contribution in [1.82, 2.24) is 0 Å². The standard InChI is InChI=1S/C45H45N.C24H28/c1-8-28-13-10-14-30-31-15-11-17-38-43(31)44(40(28)30)35-16-9-12-26(6)45(35)46(38)39-23-37(25(4)5)33-19-18-29-27(7)22-36(24(2)3)32-20-21-34(39)42(33)41(29)32;1-14-12-17(4)18(5)21(13-14)24-22-15(2)8-6-10-19(22)20-11-7-9-16(3)23(20)24/h9-15,17-25,34-35,39,44H,8,16H2,1-7H3;6-8,10-11,13-14,16,24H,9,12H2,1-5H3. The van der Waals surface area contributed by atoms with Gasteiger partial charge in [-0.15, -0.1) is 0 Å². The van der Waals surface area contributed by atoms with Gasteiger partial charge in [0, 0.05) is 35.1 Å². The maximum atomic E-state index is 2.83. The van der Waals surface area contributed by atoms with E-state index in [0.29, 0.717) is 41.4 Å². The molecule has 0 bridgehead atoms. The Bertz CT molecular complexity index is 3340. The zero-order chi connectivity index (χ0) is 48.6. The quantitative estimate of drug-likeness (QED) is 0.170. The lowest BCUT2D eigenvalue weighted by atomic mass is 9.68. The first kappa shape index (κ1) is 45.2. The number of hydrogen-bond donors (Lipinski definition) is 0. The SMILES string of the molecule is CC1=C(C)C(C2C3=C(C=CCC3C)c3cccc(C)c32)=CC(C)C1.CCc1cccc2c1C1c3c-2cccc3N(C2C=C(C(C)C)c3ccc4c(C)cc(C(C)C)c5c4c3C2C=C5)C2=C(C)C=CCC21. The fraction of sp³-hybridized carbons (Fsp3) is 0.362. The van der Waals surface area contributed by atoms with Crippen molar-refractivity contribution < 1.29 is 0 Å². The number of hydrogen-bond acceptors (Lipinski definition) is 1. The Morgan fingerprint density at radius 3 is 2.20 bits per heavy atom. The zero-order valence-corrected chi connectivity index (χ0v) is 44.0. The van der Waals surface area contributed by atoms with E-state index in [9.17, 15) is 0 Å². The highest BCUT2D eigenvalue weighted by molar-refractivity contribution is 6.03. The van der Waals surface area contributed by atoms with Gasteiger partial charge in [-0.3, -0.25) is 0 Å². The van der Waals surface area contributed by atoms with Crippen LogP contribution in [0.1, 0.15) is 173 Å². The summed E-state index contributed by atoms with van der Waals surface area (Å²) in [5.41, 5.74) is 33.2. The predicted octanol–water partition coefficient (Wildman–Crippen LogP) is 18.6. The van der Waals surface area contributed by atoms with Crippen molar-refractivity contribution in [2.75, 3.05) is 4.90 Å². The minimum atomic E-state index is 0.212. The molecule has 1 heterocycles. The van der Waals surface area contributed by atoms with Crippen LogP contribution in [0.3, 0.4) is 0 Å². The molecule has 0 N–H and O–H groups in total. The van der Waals surface area contributed by atoms with Crippen molar-refractivity contribution >= 4 is 33.7 Å². The Kier molecular flexibility index (Phi) is 10.9. The van der Waals surface area contributed by atoms with Gasteiger partial charge in [-0.05, 0) is 207 Å². The molecule has 7 aliphatic carbocycles. The monoisotopic (exact) mass is 916 g/mol. The fourth-order valence-corrected chi connectivity index (χ4v) is 15.1. The lowest BCUT2D eigenvalue weighted by molar-refractivity contribution is 0.481. The van der Waals surface area contributed by atoms with Crippen molar-refractivity contribution in [1.29, 1.82) is 0 Å². The molecule has 1 aliphatic heterocycles. The number of fused-ring (bicyclic) bond motifs is 7. The normalized spacial score (nSPS) is 25.2. The van der Waals surface area contributed by atoms with Crippen molar-refractivity contribution in [3.8, 4) is 11.1 Å². The van der Waals surface area contributed by atoms with Crippen LogP contribution in [-0.4, -0.2) is 6.04 Å². The lowest BCUT2D eigenvalue weighted by Gasteiger charge is -2.50.